The Morgan fingerprint density at radius 3 is 2.62 bits per heavy atom. The van der Waals surface area contributed by atoms with Gasteiger partial charge in [0.25, 0.3) is 0 Å². The number of hydrogen-bond acceptors (Lipinski definition) is 4. The van der Waals surface area contributed by atoms with Gasteiger partial charge in [0.05, 0.1) is 24.0 Å². The Hall–Kier alpha value is -0.560. The summed E-state index contributed by atoms with van der Waals surface area (Å²) in [5.41, 5.74) is 0.899. The van der Waals surface area contributed by atoms with Crippen LogP contribution in [0.5, 0.6) is 0 Å². The van der Waals surface area contributed by atoms with Crippen molar-refractivity contribution in [3.05, 3.63) is 32.5 Å². The van der Waals surface area contributed by atoms with E-state index in [4.69, 9.17) is 23.2 Å². The van der Waals surface area contributed by atoms with E-state index in [0.29, 0.717) is 13.0 Å². The number of carbonyl (C=O) groups is 1. The van der Waals surface area contributed by atoms with Crippen LogP contribution >= 0.6 is 34.5 Å². The Kier molecular flexibility index (Phi) is 5.52. The summed E-state index contributed by atoms with van der Waals surface area (Å²) in [5, 5.41) is 2.00. The number of allylic oxidation sites excluding steroid dienone is 1. The largest absolute Gasteiger partial charge is 0.333 e. The maximum absolute atomic E-state index is 13.4. The van der Waals surface area contributed by atoms with Crippen molar-refractivity contribution >= 4 is 50.3 Å². The van der Waals surface area contributed by atoms with Gasteiger partial charge in [-0.3, -0.25) is 4.79 Å². The van der Waals surface area contributed by atoms with Crippen LogP contribution in [0.25, 0.3) is 0 Å². The van der Waals surface area contributed by atoms with Crippen molar-refractivity contribution < 1.29 is 13.2 Å². The summed E-state index contributed by atoms with van der Waals surface area (Å²) in [7, 11) is -3.07. The fraction of sp³-hybridized carbons (Fsp3) is 0.611. The van der Waals surface area contributed by atoms with Crippen molar-refractivity contribution in [3.8, 4) is 0 Å². The molecule has 1 aromatic heterocycles. The maximum atomic E-state index is 13.4. The quantitative estimate of drug-likeness (QED) is 0.697. The third kappa shape index (κ3) is 3.98. The summed E-state index contributed by atoms with van der Waals surface area (Å²) in [6, 6.07) is 1.76. The number of sulfone groups is 1. The summed E-state index contributed by atoms with van der Waals surface area (Å²) in [6.45, 7) is 6.51. The molecule has 1 aliphatic carbocycles. The third-order valence-corrected chi connectivity index (χ3v) is 8.71. The van der Waals surface area contributed by atoms with Gasteiger partial charge in [-0.25, -0.2) is 8.42 Å². The van der Waals surface area contributed by atoms with Gasteiger partial charge in [-0.05, 0) is 47.8 Å². The Balaban J connectivity index is 1.87. The zero-order valence-electron chi connectivity index (χ0n) is 15.0. The normalized spacial score (nSPS) is 28.6. The number of aryl methyl sites for hydroxylation is 1. The minimum Gasteiger partial charge on any atom is -0.333 e. The molecule has 1 amide bonds. The summed E-state index contributed by atoms with van der Waals surface area (Å²) in [5.74, 6) is -0.0488. The van der Waals surface area contributed by atoms with Crippen molar-refractivity contribution in [2.45, 2.75) is 39.8 Å². The molecule has 1 saturated carbocycles. The van der Waals surface area contributed by atoms with Gasteiger partial charge in [-0.2, -0.15) is 0 Å². The highest BCUT2D eigenvalue weighted by molar-refractivity contribution is 7.91. The van der Waals surface area contributed by atoms with Gasteiger partial charge in [-0.1, -0.05) is 37.0 Å². The molecular formula is C18H23Cl2NO3S2. The van der Waals surface area contributed by atoms with E-state index in [9.17, 15) is 13.2 Å². The Labute approximate surface area is 169 Å². The van der Waals surface area contributed by atoms with Crippen molar-refractivity contribution in [1.82, 2.24) is 4.90 Å². The molecule has 144 valence electrons. The monoisotopic (exact) mass is 435 g/mol. The molecule has 26 heavy (non-hydrogen) atoms. The van der Waals surface area contributed by atoms with E-state index < -0.39 is 9.84 Å². The van der Waals surface area contributed by atoms with Gasteiger partial charge in [0.2, 0.25) is 5.91 Å². The number of thiophene rings is 1. The third-order valence-electron chi connectivity index (χ3n) is 5.70. The lowest BCUT2D eigenvalue weighted by molar-refractivity contribution is -0.136. The molecule has 0 N–H and O–H groups in total. The lowest BCUT2D eigenvalue weighted by Crippen LogP contribution is -2.42. The molecule has 3 atom stereocenters. The van der Waals surface area contributed by atoms with Crippen LogP contribution in [0, 0.1) is 24.2 Å². The number of amides is 1. The minimum atomic E-state index is -3.07. The van der Waals surface area contributed by atoms with E-state index in [0.717, 1.165) is 10.4 Å². The van der Waals surface area contributed by atoms with Gasteiger partial charge in [0, 0.05) is 10.9 Å². The molecule has 3 rings (SSSR count). The van der Waals surface area contributed by atoms with E-state index >= 15 is 0 Å². The van der Waals surface area contributed by atoms with Gasteiger partial charge in [0.1, 0.15) is 4.49 Å². The SMILES string of the molecule is Cc1ccsc1CN(C(=O)[C@H]1[C@H](C=C(Cl)Cl)C1(C)C)[C@@H]1CCS(=O)(=O)C1. The summed E-state index contributed by atoms with van der Waals surface area (Å²) in [4.78, 5) is 16.3. The molecule has 1 aliphatic heterocycles. The Morgan fingerprint density at radius 1 is 1.42 bits per heavy atom. The van der Waals surface area contributed by atoms with Crippen LogP contribution in [-0.4, -0.2) is 36.8 Å². The van der Waals surface area contributed by atoms with Crippen molar-refractivity contribution in [2.24, 2.45) is 17.3 Å². The summed E-state index contributed by atoms with van der Waals surface area (Å²) in [6.07, 6.45) is 2.23. The standard InChI is InChI=1S/C18H23Cl2NO3S2/c1-11-4-6-25-14(11)9-21(12-5-7-26(23,24)10-12)17(22)16-13(8-15(19)20)18(16,2)3/h4,6,8,12-13,16H,5,7,9-10H2,1-3H3/t12-,13+,16-/m1/s1. The Morgan fingerprint density at radius 2 is 2.12 bits per heavy atom. The number of carbonyl (C=O) groups excluding carboxylic acids is 1. The molecule has 0 aromatic carbocycles. The maximum Gasteiger partial charge on any atom is 0.227 e. The van der Waals surface area contributed by atoms with E-state index in [1.165, 1.54) is 0 Å². The molecule has 0 radical (unpaired) electrons. The van der Waals surface area contributed by atoms with Crippen LogP contribution < -0.4 is 0 Å². The molecule has 0 spiro atoms. The lowest BCUT2D eigenvalue weighted by Gasteiger charge is -2.29. The highest BCUT2D eigenvalue weighted by Gasteiger charge is 2.62. The molecule has 0 bridgehead atoms. The van der Waals surface area contributed by atoms with Crippen LogP contribution in [0.1, 0.15) is 30.7 Å². The lowest BCUT2D eigenvalue weighted by atomic mass is 10.1. The zero-order valence-corrected chi connectivity index (χ0v) is 18.2. The predicted molar refractivity (Wildman–Crippen MR) is 107 cm³/mol. The van der Waals surface area contributed by atoms with Crippen LogP contribution in [0.3, 0.4) is 0 Å². The molecule has 2 heterocycles. The average Bonchev–Trinajstić information content (AvgIpc) is 2.83. The molecule has 1 saturated heterocycles. The smallest absolute Gasteiger partial charge is 0.227 e. The molecule has 0 unspecified atom stereocenters. The first-order chi connectivity index (χ1) is 12.0. The van der Waals surface area contributed by atoms with E-state index in [2.05, 4.69) is 0 Å². The molecule has 8 heteroatoms. The number of halogens is 2. The van der Waals surface area contributed by atoms with Crippen molar-refractivity contribution in [2.75, 3.05) is 11.5 Å². The van der Waals surface area contributed by atoms with Crippen LogP contribution in [0.2, 0.25) is 0 Å². The second-order valence-corrected chi connectivity index (χ2v) is 12.1. The summed E-state index contributed by atoms with van der Waals surface area (Å²) >= 11 is 13.2. The molecule has 1 aromatic rings. The second kappa shape index (κ2) is 7.12. The van der Waals surface area contributed by atoms with E-state index in [1.807, 2.05) is 32.2 Å². The van der Waals surface area contributed by atoms with Gasteiger partial charge >= 0.3 is 0 Å². The highest BCUT2D eigenvalue weighted by atomic mass is 35.5. The number of rotatable bonds is 5. The second-order valence-electron chi connectivity index (χ2n) is 7.83. The summed E-state index contributed by atoms with van der Waals surface area (Å²) < 4.78 is 24.1. The van der Waals surface area contributed by atoms with Crippen LogP contribution in [0.4, 0.5) is 0 Å². The minimum absolute atomic E-state index is 0.000679. The first-order valence-electron chi connectivity index (χ1n) is 8.59. The Bertz CT molecular complexity index is 840. The zero-order chi connectivity index (χ0) is 19.3. The van der Waals surface area contributed by atoms with Crippen molar-refractivity contribution in [1.29, 1.82) is 0 Å². The van der Waals surface area contributed by atoms with Crippen LogP contribution in [-0.2, 0) is 21.2 Å². The predicted octanol–water partition coefficient (Wildman–Crippen LogP) is 4.16. The fourth-order valence-corrected chi connectivity index (χ4v) is 6.81. The van der Waals surface area contributed by atoms with E-state index in [1.54, 1.807) is 22.3 Å². The van der Waals surface area contributed by atoms with Crippen molar-refractivity contribution in [3.63, 3.8) is 0 Å². The van der Waals surface area contributed by atoms with Gasteiger partial charge in [-0.15, -0.1) is 11.3 Å². The number of hydrogen-bond donors (Lipinski definition) is 0. The topological polar surface area (TPSA) is 54.5 Å². The molecule has 2 aliphatic rings. The molecule has 2 fully saturated rings. The molecule has 4 nitrogen and oxygen atoms in total. The first kappa shape index (κ1) is 20.2. The fourth-order valence-electron chi connectivity index (χ4n) is 3.90. The average molecular weight is 436 g/mol. The number of nitrogens with zero attached hydrogens (tertiary/aromatic N) is 1. The highest BCUT2D eigenvalue weighted by Crippen LogP contribution is 2.60. The first-order valence-corrected chi connectivity index (χ1v) is 12.1. The van der Waals surface area contributed by atoms with Gasteiger partial charge < -0.3 is 4.90 Å². The van der Waals surface area contributed by atoms with Crippen LogP contribution in [0.15, 0.2) is 22.0 Å². The van der Waals surface area contributed by atoms with E-state index in [-0.39, 0.29) is 45.2 Å². The van der Waals surface area contributed by atoms with Gasteiger partial charge in [0.15, 0.2) is 9.84 Å². The molecular weight excluding hydrogens is 413 g/mol.